The summed E-state index contributed by atoms with van der Waals surface area (Å²) < 4.78 is 31.2. The average molecular weight is 357 g/mol. The first-order valence-electron chi connectivity index (χ1n) is 5.95. The molecule has 21 heavy (non-hydrogen) atoms. The molecule has 2 atom stereocenters. The van der Waals surface area contributed by atoms with Gasteiger partial charge in [0.2, 0.25) is 0 Å². The second-order valence-corrected chi connectivity index (χ2v) is 8.31. The zero-order chi connectivity index (χ0) is 15.8. The van der Waals surface area contributed by atoms with E-state index in [1.165, 1.54) is 4.31 Å². The smallest absolute Gasteiger partial charge is 0.300 e. The van der Waals surface area contributed by atoms with E-state index >= 15 is 0 Å². The number of nitrogens with zero attached hydrogens (tertiary/aromatic N) is 2. The second kappa shape index (κ2) is 6.15. The van der Waals surface area contributed by atoms with Gasteiger partial charge in [-0.15, -0.1) is 11.3 Å². The number of nitro groups is 1. The maximum atomic E-state index is 12.6. The van der Waals surface area contributed by atoms with Gasteiger partial charge in [-0.05, 0) is 6.92 Å². The van der Waals surface area contributed by atoms with Gasteiger partial charge in [0, 0.05) is 18.7 Å². The molecular weight excluding hydrogens is 344 g/mol. The Hall–Kier alpha value is -0.780. The van der Waals surface area contributed by atoms with Crippen LogP contribution >= 0.6 is 22.9 Å². The summed E-state index contributed by atoms with van der Waals surface area (Å²) in [4.78, 5) is 10.0. The van der Waals surface area contributed by atoms with Gasteiger partial charge >= 0.3 is 0 Å². The van der Waals surface area contributed by atoms with Crippen molar-refractivity contribution in [1.82, 2.24) is 4.31 Å². The van der Waals surface area contributed by atoms with E-state index in [0.29, 0.717) is 11.3 Å². The minimum Gasteiger partial charge on any atom is -0.394 e. The first-order valence-corrected chi connectivity index (χ1v) is 8.59. The lowest BCUT2D eigenvalue weighted by atomic mass is 10.2. The van der Waals surface area contributed by atoms with E-state index in [2.05, 4.69) is 0 Å². The van der Waals surface area contributed by atoms with Crippen molar-refractivity contribution >= 4 is 38.6 Å². The number of thiophene rings is 1. The van der Waals surface area contributed by atoms with Gasteiger partial charge in [-0.25, -0.2) is 8.42 Å². The molecule has 0 aliphatic carbocycles. The summed E-state index contributed by atoms with van der Waals surface area (Å²) in [5, 5.41) is 19.9. The highest BCUT2D eigenvalue weighted by Gasteiger charge is 2.37. The Morgan fingerprint density at radius 2 is 2.33 bits per heavy atom. The molecule has 0 bridgehead atoms. The molecule has 1 aromatic heterocycles. The molecule has 1 aliphatic heterocycles. The zero-order valence-electron chi connectivity index (χ0n) is 10.9. The van der Waals surface area contributed by atoms with Gasteiger partial charge in [0.15, 0.2) is 4.34 Å². The van der Waals surface area contributed by atoms with Gasteiger partial charge in [0.05, 0.1) is 24.2 Å². The summed E-state index contributed by atoms with van der Waals surface area (Å²) in [6.45, 7) is 1.49. The summed E-state index contributed by atoms with van der Waals surface area (Å²) in [5.74, 6) is 0. The molecule has 2 rings (SSSR count). The summed E-state index contributed by atoms with van der Waals surface area (Å²) in [5.41, 5.74) is -0.431. The van der Waals surface area contributed by atoms with Crippen LogP contribution in [0.4, 0.5) is 5.69 Å². The van der Waals surface area contributed by atoms with Crippen molar-refractivity contribution in [2.24, 2.45) is 0 Å². The van der Waals surface area contributed by atoms with Crippen molar-refractivity contribution in [1.29, 1.82) is 0 Å². The molecule has 0 aromatic carbocycles. The van der Waals surface area contributed by atoms with Gasteiger partial charge in [-0.1, -0.05) is 11.6 Å². The van der Waals surface area contributed by atoms with Crippen molar-refractivity contribution in [2.45, 2.75) is 23.3 Å². The molecule has 0 radical (unpaired) electrons. The van der Waals surface area contributed by atoms with E-state index in [-0.39, 0.29) is 28.3 Å². The van der Waals surface area contributed by atoms with E-state index in [1.54, 1.807) is 6.92 Å². The standard InChI is InChI=1S/C10H13ClN2O6S2/c1-6-5-19-7(4-14)3-12(6)21(17,18)9-2-8(13(15)16)10(11)20-9/h2,6-7,14H,3-5H2,1H3. The van der Waals surface area contributed by atoms with Crippen LogP contribution in [0, 0.1) is 10.1 Å². The Bertz CT molecular complexity index is 646. The van der Waals surface area contributed by atoms with Gasteiger partial charge in [0.1, 0.15) is 4.21 Å². The van der Waals surface area contributed by atoms with Gasteiger partial charge in [0.25, 0.3) is 15.7 Å². The quantitative estimate of drug-likeness (QED) is 0.638. The Labute approximate surface area is 130 Å². The van der Waals surface area contributed by atoms with Crippen molar-refractivity contribution in [3.63, 3.8) is 0 Å². The van der Waals surface area contributed by atoms with Gasteiger partial charge < -0.3 is 9.84 Å². The number of halogens is 1. The lowest BCUT2D eigenvalue weighted by molar-refractivity contribution is -0.384. The number of aliphatic hydroxyl groups excluding tert-OH is 1. The number of hydrogen-bond donors (Lipinski definition) is 1. The van der Waals surface area contributed by atoms with Crippen molar-refractivity contribution < 1.29 is 23.2 Å². The van der Waals surface area contributed by atoms with Crippen LogP contribution < -0.4 is 0 Å². The third kappa shape index (κ3) is 3.20. The molecule has 0 amide bonds. The molecule has 8 nitrogen and oxygen atoms in total. The molecule has 1 saturated heterocycles. The first kappa shape index (κ1) is 16.6. The molecule has 1 fully saturated rings. The summed E-state index contributed by atoms with van der Waals surface area (Å²) >= 11 is 6.35. The topological polar surface area (TPSA) is 110 Å². The normalized spacial score (nSPS) is 24.1. The third-order valence-electron chi connectivity index (χ3n) is 3.06. The molecule has 118 valence electrons. The van der Waals surface area contributed by atoms with Crippen molar-refractivity contribution in [3.8, 4) is 0 Å². The van der Waals surface area contributed by atoms with E-state index in [1.807, 2.05) is 0 Å². The number of ether oxygens (including phenoxy) is 1. The van der Waals surface area contributed by atoms with Crippen LogP contribution in [0.2, 0.25) is 4.34 Å². The summed E-state index contributed by atoms with van der Waals surface area (Å²) in [6.07, 6.45) is -0.610. The molecule has 1 aromatic rings. The van der Waals surface area contributed by atoms with Crippen LogP contribution in [0.15, 0.2) is 10.3 Å². The zero-order valence-corrected chi connectivity index (χ0v) is 13.3. The second-order valence-electron chi connectivity index (χ2n) is 4.54. The predicted octanol–water partition coefficient (Wildman–Crippen LogP) is 1.08. The highest BCUT2D eigenvalue weighted by atomic mass is 35.5. The van der Waals surface area contributed by atoms with E-state index < -0.39 is 32.8 Å². The molecular formula is C10H13ClN2O6S2. The number of hydrogen-bond acceptors (Lipinski definition) is 7. The molecule has 0 spiro atoms. The Morgan fingerprint density at radius 3 is 2.86 bits per heavy atom. The largest absolute Gasteiger partial charge is 0.394 e. The lowest BCUT2D eigenvalue weighted by Crippen LogP contribution is -2.51. The Balaban J connectivity index is 2.36. The van der Waals surface area contributed by atoms with Gasteiger partial charge in [-0.3, -0.25) is 10.1 Å². The molecule has 2 heterocycles. The molecule has 1 aliphatic rings. The van der Waals surface area contributed by atoms with Crippen LogP contribution in [0.25, 0.3) is 0 Å². The van der Waals surface area contributed by atoms with Crippen LogP contribution in [0.3, 0.4) is 0 Å². The number of morpholine rings is 1. The summed E-state index contributed by atoms with van der Waals surface area (Å²) in [7, 11) is -3.92. The van der Waals surface area contributed by atoms with Crippen molar-refractivity contribution in [2.75, 3.05) is 19.8 Å². The monoisotopic (exact) mass is 356 g/mol. The van der Waals surface area contributed by atoms with E-state index in [4.69, 9.17) is 21.4 Å². The SMILES string of the molecule is CC1COC(CO)CN1S(=O)(=O)c1cc([N+](=O)[O-])c(Cl)s1. The minimum absolute atomic E-state index is 0.0106. The Morgan fingerprint density at radius 1 is 1.67 bits per heavy atom. The number of rotatable bonds is 4. The summed E-state index contributed by atoms with van der Waals surface area (Å²) in [6, 6.07) is 0.524. The Kier molecular flexibility index (Phi) is 4.85. The van der Waals surface area contributed by atoms with Crippen LogP contribution in [-0.4, -0.2) is 54.7 Å². The maximum Gasteiger partial charge on any atom is 0.300 e. The van der Waals surface area contributed by atoms with E-state index in [0.717, 1.165) is 6.07 Å². The fourth-order valence-corrected chi connectivity index (χ4v) is 5.39. The molecule has 2 unspecified atom stereocenters. The third-order valence-corrected chi connectivity index (χ3v) is 6.82. The predicted molar refractivity (Wildman–Crippen MR) is 76.2 cm³/mol. The number of aliphatic hydroxyl groups is 1. The van der Waals surface area contributed by atoms with Crippen LogP contribution in [-0.2, 0) is 14.8 Å². The number of sulfonamides is 1. The maximum absolute atomic E-state index is 12.6. The van der Waals surface area contributed by atoms with Crippen molar-refractivity contribution in [3.05, 3.63) is 20.5 Å². The first-order chi connectivity index (χ1) is 9.77. The van der Waals surface area contributed by atoms with Crippen LogP contribution in [0.1, 0.15) is 6.92 Å². The molecule has 0 saturated carbocycles. The molecule has 11 heteroatoms. The average Bonchev–Trinajstić information content (AvgIpc) is 2.82. The highest BCUT2D eigenvalue weighted by Crippen LogP contribution is 2.38. The molecule has 1 N–H and O–H groups in total. The lowest BCUT2D eigenvalue weighted by Gasteiger charge is -2.35. The van der Waals surface area contributed by atoms with Gasteiger partial charge in [-0.2, -0.15) is 4.31 Å². The van der Waals surface area contributed by atoms with Crippen LogP contribution in [0.5, 0.6) is 0 Å². The fourth-order valence-electron chi connectivity index (χ4n) is 1.94. The highest BCUT2D eigenvalue weighted by molar-refractivity contribution is 7.91. The van der Waals surface area contributed by atoms with E-state index in [9.17, 15) is 18.5 Å². The minimum atomic E-state index is -3.92. The fraction of sp³-hybridized carbons (Fsp3) is 0.600.